The number of aliphatic hydroxyl groups is 1. The Morgan fingerprint density at radius 3 is 2.48 bits per heavy atom. The third kappa shape index (κ3) is 5.74. The van der Waals surface area contributed by atoms with Crippen molar-refractivity contribution in [3.05, 3.63) is 92.6 Å². The molecule has 3 heterocycles. The Labute approximate surface area is 245 Å². The minimum absolute atomic E-state index is 0.0787. The van der Waals surface area contributed by atoms with Crippen molar-refractivity contribution in [1.82, 2.24) is 29.5 Å². The third-order valence-corrected chi connectivity index (χ3v) is 6.36. The molecule has 4 N–H and O–H groups in total. The molecule has 0 aliphatic heterocycles. The highest BCUT2D eigenvalue weighted by Crippen LogP contribution is 2.34. The number of rotatable bonds is 9. The molecule has 228 valence electrons. The molecule has 0 unspecified atom stereocenters. The number of ether oxygens (including phenoxy) is 1. The highest BCUT2D eigenvalue weighted by Gasteiger charge is 2.23. The lowest BCUT2D eigenvalue weighted by Gasteiger charge is -2.15. The number of carbonyl (C=O) groups is 1. The molecule has 0 aliphatic carbocycles. The fourth-order valence-electron chi connectivity index (χ4n) is 4.18. The van der Waals surface area contributed by atoms with Gasteiger partial charge in [-0.1, -0.05) is 0 Å². The number of halogens is 3. The van der Waals surface area contributed by atoms with Crippen LogP contribution in [0.1, 0.15) is 37.3 Å². The minimum atomic E-state index is -1.31. The van der Waals surface area contributed by atoms with E-state index in [0.717, 1.165) is 22.9 Å². The van der Waals surface area contributed by atoms with Gasteiger partial charge in [0.2, 0.25) is 5.69 Å². The minimum Gasteiger partial charge on any atom is -0.453 e. The van der Waals surface area contributed by atoms with Crippen LogP contribution in [0, 0.1) is 17.5 Å². The third-order valence-electron chi connectivity index (χ3n) is 6.36. The molecular formula is C28H25F3N8O5. The number of aromatic amines is 1. The number of nitrogens with zero attached hydrogens (tertiary/aromatic N) is 5. The van der Waals surface area contributed by atoms with E-state index in [4.69, 9.17) is 4.74 Å². The molecule has 44 heavy (non-hydrogen) atoms. The molecular weight excluding hydrogens is 585 g/mol. The highest BCUT2D eigenvalue weighted by molar-refractivity contribution is 6.02. The molecule has 0 fully saturated rings. The Bertz CT molecular complexity index is 2010. The first-order valence-corrected chi connectivity index (χ1v) is 13.2. The van der Waals surface area contributed by atoms with Gasteiger partial charge in [0.1, 0.15) is 11.1 Å². The maximum Gasteiger partial charge on any atom is 0.352 e. The monoisotopic (exact) mass is 610 g/mol. The topological polar surface area (TPSA) is 169 Å². The van der Waals surface area contributed by atoms with Gasteiger partial charge in [-0.25, -0.2) is 32.2 Å². The summed E-state index contributed by atoms with van der Waals surface area (Å²) in [5.74, 6) is -4.16. The summed E-state index contributed by atoms with van der Waals surface area (Å²) >= 11 is 0. The van der Waals surface area contributed by atoms with Crippen molar-refractivity contribution in [1.29, 1.82) is 0 Å². The van der Waals surface area contributed by atoms with Crippen molar-refractivity contribution in [3.8, 4) is 17.2 Å². The summed E-state index contributed by atoms with van der Waals surface area (Å²) in [6, 6.07) is 6.40. The number of hydrogen-bond acceptors (Lipinski definition) is 9. The first-order valence-electron chi connectivity index (χ1n) is 13.2. The Hall–Kier alpha value is -5.51. The first-order chi connectivity index (χ1) is 21.0. The lowest BCUT2D eigenvalue weighted by Crippen LogP contribution is -2.45. The second-order valence-corrected chi connectivity index (χ2v) is 9.94. The maximum atomic E-state index is 15.2. The van der Waals surface area contributed by atoms with Gasteiger partial charge < -0.3 is 20.5 Å². The van der Waals surface area contributed by atoms with Crippen molar-refractivity contribution in [3.63, 3.8) is 0 Å². The molecule has 1 atom stereocenters. The van der Waals surface area contributed by atoms with E-state index in [9.17, 15) is 28.3 Å². The van der Waals surface area contributed by atoms with Crippen LogP contribution in [0.15, 0.2) is 58.3 Å². The second kappa shape index (κ2) is 12.0. The molecule has 0 radical (unpaired) electrons. The number of aliphatic hydroxyl groups excluding tert-OH is 1. The molecule has 5 aromatic rings. The van der Waals surface area contributed by atoms with Crippen molar-refractivity contribution in [2.75, 3.05) is 17.2 Å². The predicted octanol–water partition coefficient (Wildman–Crippen LogP) is 3.50. The van der Waals surface area contributed by atoms with E-state index >= 15 is 4.39 Å². The Kier molecular flexibility index (Phi) is 8.17. The number of carbonyl (C=O) groups excluding carboxylic acids is 1. The number of aromatic nitrogens is 6. The molecule has 0 aliphatic rings. The molecule has 5 rings (SSSR count). The number of nitrogens with one attached hydrogen (secondary N) is 3. The summed E-state index contributed by atoms with van der Waals surface area (Å²) in [7, 11) is 0. The van der Waals surface area contributed by atoms with Crippen LogP contribution < -0.4 is 26.6 Å². The Morgan fingerprint density at radius 1 is 1.02 bits per heavy atom. The fourth-order valence-corrected chi connectivity index (χ4v) is 4.18. The van der Waals surface area contributed by atoms with Crippen LogP contribution in [-0.2, 0) is 0 Å². The van der Waals surface area contributed by atoms with Gasteiger partial charge in [-0.3, -0.25) is 14.7 Å². The maximum absolute atomic E-state index is 15.2. The largest absolute Gasteiger partial charge is 0.453 e. The van der Waals surface area contributed by atoms with Crippen LogP contribution in [0.4, 0.5) is 24.7 Å². The van der Waals surface area contributed by atoms with Gasteiger partial charge in [-0.15, -0.1) is 0 Å². The van der Waals surface area contributed by atoms with Crippen LogP contribution in [-0.4, -0.2) is 53.2 Å². The van der Waals surface area contributed by atoms with E-state index in [1.165, 1.54) is 24.4 Å². The van der Waals surface area contributed by atoms with Gasteiger partial charge in [0.05, 0.1) is 18.3 Å². The van der Waals surface area contributed by atoms with Gasteiger partial charge in [-0.05, 0) is 45.0 Å². The number of anilines is 2. The summed E-state index contributed by atoms with van der Waals surface area (Å²) in [6.07, 6.45) is 1.43. The van der Waals surface area contributed by atoms with E-state index in [1.807, 2.05) is 0 Å². The van der Waals surface area contributed by atoms with E-state index in [1.54, 1.807) is 20.8 Å². The molecule has 2 aromatic carbocycles. The highest BCUT2D eigenvalue weighted by atomic mass is 19.2. The number of H-pyrrole nitrogens is 1. The zero-order valence-electron chi connectivity index (χ0n) is 23.4. The zero-order valence-corrected chi connectivity index (χ0v) is 23.4. The molecule has 13 nitrogen and oxygen atoms in total. The molecule has 3 aromatic heterocycles. The smallest absolute Gasteiger partial charge is 0.352 e. The number of amides is 1. The summed E-state index contributed by atoms with van der Waals surface area (Å²) in [5, 5.41) is 25.9. The molecule has 0 saturated heterocycles. The number of hydrogen-bond donors (Lipinski definition) is 4. The first kappa shape index (κ1) is 30.0. The molecule has 1 amide bonds. The quantitative estimate of drug-likeness (QED) is 0.195. The van der Waals surface area contributed by atoms with Gasteiger partial charge in [-0.2, -0.15) is 10.2 Å². The lowest BCUT2D eigenvalue weighted by atomic mass is 10.2. The van der Waals surface area contributed by atoms with Crippen molar-refractivity contribution < 1.29 is 27.8 Å². The van der Waals surface area contributed by atoms with Crippen LogP contribution in [0.5, 0.6) is 11.5 Å². The SMILES string of the molecule is CC(C)n1nc(C(=O)Nc2ccc(Oc3ccnc4[nH]nc(N[C@H](C)CO)c34)c(F)c2)c(=O)n(-c2ccc(F)c(F)c2)c1=O. The summed E-state index contributed by atoms with van der Waals surface area (Å²) in [4.78, 5) is 43.5. The van der Waals surface area contributed by atoms with E-state index in [2.05, 4.69) is 30.9 Å². The molecule has 0 bridgehead atoms. The summed E-state index contributed by atoms with van der Waals surface area (Å²) < 4.78 is 49.7. The van der Waals surface area contributed by atoms with Crippen LogP contribution in [0.2, 0.25) is 0 Å². The Morgan fingerprint density at radius 2 is 1.80 bits per heavy atom. The van der Waals surface area contributed by atoms with Crippen LogP contribution >= 0.6 is 0 Å². The second-order valence-electron chi connectivity index (χ2n) is 9.94. The number of benzene rings is 2. The predicted molar refractivity (Wildman–Crippen MR) is 153 cm³/mol. The lowest BCUT2D eigenvalue weighted by molar-refractivity contribution is 0.101. The Balaban J connectivity index is 1.45. The van der Waals surface area contributed by atoms with E-state index in [0.29, 0.717) is 27.5 Å². The molecule has 0 saturated carbocycles. The van der Waals surface area contributed by atoms with Gasteiger partial charge in [0.15, 0.2) is 34.7 Å². The van der Waals surface area contributed by atoms with E-state index in [-0.39, 0.29) is 35.5 Å². The zero-order chi connectivity index (χ0) is 31.7. The van der Waals surface area contributed by atoms with E-state index < -0.39 is 46.3 Å². The normalized spacial score (nSPS) is 12.0. The van der Waals surface area contributed by atoms with Gasteiger partial charge >= 0.3 is 5.69 Å². The molecule has 16 heteroatoms. The van der Waals surface area contributed by atoms with Crippen molar-refractivity contribution >= 4 is 28.4 Å². The number of fused-ring (bicyclic) bond motifs is 1. The summed E-state index contributed by atoms with van der Waals surface area (Å²) in [6.45, 7) is 4.70. The summed E-state index contributed by atoms with van der Waals surface area (Å²) in [5.41, 5.74) is -2.97. The average Bonchev–Trinajstić information content (AvgIpc) is 3.39. The average molecular weight is 611 g/mol. The van der Waals surface area contributed by atoms with Crippen LogP contribution in [0.25, 0.3) is 16.7 Å². The fraction of sp³-hybridized carbons (Fsp3) is 0.214. The molecule has 0 spiro atoms. The van der Waals surface area contributed by atoms with Crippen molar-refractivity contribution in [2.45, 2.75) is 32.9 Å². The number of pyridine rings is 1. The van der Waals surface area contributed by atoms with Crippen LogP contribution in [0.3, 0.4) is 0 Å². The standard InChI is InChI=1S/C28H25F3N8O5/c1-13(2)39-28(43)38(16-5-6-17(29)18(30)11-16)27(42)23(37-39)26(41)34-15-4-7-20(19(31)10-15)44-21-8-9-32-24-22(21)25(36-35-24)33-14(3)12-40/h4-11,13-14,40H,12H2,1-3H3,(H,34,41)(H2,32,33,35,36)/t14-/m1/s1. The van der Waals surface area contributed by atoms with Crippen molar-refractivity contribution in [2.24, 2.45) is 0 Å². The van der Waals surface area contributed by atoms with Gasteiger partial charge in [0, 0.05) is 36.1 Å². The van der Waals surface area contributed by atoms with Gasteiger partial charge in [0.25, 0.3) is 11.5 Å².